The van der Waals surface area contributed by atoms with Crippen LogP contribution in [0.2, 0.25) is 0 Å². The molecule has 0 aliphatic heterocycles. The van der Waals surface area contributed by atoms with Gasteiger partial charge in [0.15, 0.2) is 0 Å². The van der Waals surface area contributed by atoms with Gasteiger partial charge in [-0.2, -0.15) is 0 Å². The summed E-state index contributed by atoms with van der Waals surface area (Å²) in [4.78, 5) is 14.0. The van der Waals surface area contributed by atoms with Gasteiger partial charge >= 0.3 is 5.97 Å². The average Bonchev–Trinajstić information content (AvgIpc) is 2.44. The molecule has 0 amide bonds. The fourth-order valence-electron chi connectivity index (χ4n) is 2.52. The number of nitrogens with one attached hydrogen (secondary N) is 1. The van der Waals surface area contributed by atoms with Crippen molar-refractivity contribution in [2.75, 3.05) is 32.6 Å². The van der Waals surface area contributed by atoms with Crippen molar-refractivity contribution in [1.29, 1.82) is 0 Å². The summed E-state index contributed by atoms with van der Waals surface area (Å²) in [6.45, 7) is 7.01. The molecule has 1 aromatic carbocycles. The number of aryl methyl sites for hydroxylation is 2. The van der Waals surface area contributed by atoms with Crippen LogP contribution in [0.4, 0.5) is 5.69 Å². The van der Waals surface area contributed by atoms with E-state index >= 15 is 0 Å². The molecule has 4 heteroatoms. The summed E-state index contributed by atoms with van der Waals surface area (Å²) in [6.07, 6.45) is 1.65. The van der Waals surface area contributed by atoms with Crippen molar-refractivity contribution in [2.24, 2.45) is 0 Å². The SMILES string of the molecule is CNC(C)(CCCN(C)c1cc(C)cc(C)c1)C(=O)OC. The lowest BCUT2D eigenvalue weighted by atomic mass is 9.96. The Kier molecular flexibility index (Phi) is 6.21. The van der Waals surface area contributed by atoms with Crippen LogP contribution < -0.4 is 10.2 Å². The molecule has 0 bridgehead atoms. The Morgan fingerprint density at radius 2 is 1.86 bits per heavy atom. The summed E-state index contributed by atoms with van der Waals surface area (Å²) in [5.41, 5.74) is 3.15. The zero-order chi connectivity index (χ0) is 16.0. The van der Waals surface area contributed by atoms with E-state index in [0.29, 0.717) is 0 Å². The predicted octanol–water partition coefficient (Wildman–Crippen LogP) is 2.67. The van der Waals surface area contributed by atoms with Crippen LogP contribution >= 0.6 is 0 Å². The van der Waals surface area contributed by atoms with Crippen molar-refractivity contribution in [3.63, 3.8) is 0 Å². The zero-order valence-corrected chi connectivity index (χ0v) is 14.1. The molecule has 0 fully saturated rings. The number of methoxy groups -OCH3 is 1. The average molecular weight is 292 g/mol. The van der Waals surface area contributed by atoms with Crippen LogP contribution in [0, 0.1) is 13.8 Å². The molecule has 1 rings (SSSR count). The van der Waals surface area contributed by atoms with Crippen LogP contribution in [0.5, 0.6) is 0 Å². The topological polar surface area (TPSA) is 41.6 Å². The van der Waals surface area contributed by atoms with Crippen LogP contribution in [-0.4, -0.2) is 39.3 Å². The van der Waals surface area contributed by atoms with Crippen molar-refractivity contribution in [3.05, 3.63) is 29.3 Å². The Hall–Kier alpha value is -1.55. The highest BCUT2D eigenvalue weighted by atomic mass is 16.5. The van der Waals surface area contributed by atoms with Gasteiger partial charge in [0.05, 0.1) is 7.11 Å². The fourth-order valence-corrected chi connectivity index (χ4v) is 2.52. The van der Waals surface area contributed by atoms with Gasteiger partial charge < -0.3 is 15.0 Å². The van der Waals surface area contributed by atoms with Crippen LogP contribution in [0.1, 0.15) is 30.9 Å². The molecule has 1 N–H and O–H groups in total. The Bertz CT molecular complexity index is 467. The maximum Gasteiger partial charge on any atom is 0.325 e. The van der Waals surface area contributed by atoms with Gasteiger partial charge in [0.1, 0.15) is 5.54 Å². The van der Waals surface area contributed by atoms with Crippen LogP contribution in [0.15, 0.2) is 18.2 Å². The molecule has 0 aliphatic rings. The third-order valence-electron chi connectivity index (χ3n) is 4.01. The first-order chi connectivity index (χ1) is 9.82. The Morgan fingerprint density at radius 3 is 2.33 bits per heavy atom. The van der Waals surface area contributed by atoms with Crippen molar-refractivity contribution in [3.8, 4) is 0 Å². The molecule has 0 saturated heterocycles. The summed E-state index contributed by atoms with van der Waals surface area (Å²) in [5.74, 6) is -0.209. The molecule has 1 atom stereocenters. The summed E-state index contributed by atoms with van der Waals surface area (Å²) < 4.78 is 4.86. The first-order valence-electron chi connectivity index (χ1n) is 7.39. The van der Waals surface area contributed by atoms with Gasteiger partial charge in [-0.05, 0) is 63.9 Å². The second-order valence-electron chi connectivity index (χ2n) is 5.94. The van der Waals surface area contributed by atoms with Crippen molar-refractivity contribution in [2.45, 2.75) is 39.2 Å². The number of carbonyl (C=O) groups excluding carboxylic acids is 1. The van der Waals surface area contributed by atoms with Crippen LogP contribution in [0.3, 0.4) is 0 Å². The number of rotatable bonds is 7. The van der Waals surface area contributed by atoms with Crippen LogP contribution in [-0.2, 0) is 9.53 Å². The van der Waals surface area contributed by atoms with Crippen molar-refractivity contribution >= 4 is 11.7 Å². The van der Waals surface area contributed by atoms with E-state index in [0.717, 1.165) is 19.4 Å². The van der Waals surface area contributed by atoms with Gasteiger partial charge in [-0.25, -0.2) is 0 Å². The van der Waals surface area contributed by atoms with E-state index in [2.05, 4.69) is 49.3 Å². The normalized spacial score (nSPS) is 13.6. The number of likely N-dealkylation sites (N-methyl/N-ethyl adjacent to an activating group) is 1. The minimum Gasteiger partial charge on any atom is -0.468 e. The zero-order valence-electron chi connectivity index (χ0n) is 14.1. The van der Waals surface area contributed by atoms with Gasteiger partial charge in [-0.1, -0.05) is 6.07 Å². The third-order valence-corrected chi connectivity index (χ3v) is 4.01. The molecular weight excluding hydrogens is 264 g/mol. The molecule has 21 heavy (non-hydrogen) atoms. The molecule has 0 aliphatic carbocycles. The standard InChI is InChI=1S/C17H28N2O2/c1-13-10-14(2)12-15(11-13)19(5)9-7-8-17(3,18-4)16(20)21-6/h10-12,18H,7-9H2,1-6H3. The Morgan fingerprint density at radius 1 is 1.29 bits per heavy atom. The molecule has 0 spiro atoms. The second-order valence-corrected chi connectivity index (χ2v) is 5.94. The maximum absolute atomic E-state index is 11.8. The van der Waals surface area contributed by atoms with Crippen molar-refractivity contribution in [1.82, 2.24) is 5.32 Å². The van der Waals surface area contributed by atoms with E-state index in [-0.39, 0.29) is 5.97 Å². The lowest BCUT2D eigenvalue weighted by Crippen LogP contribution is -2.48. The summed E-state index contributed by atoms with van der Waals surface area (Å²) >= 11 is 0. The number of hydrogen-bond acceptors (Lipinski definition) is 4. The molecule has 4 nitrogen and oxygen atoms in total. The quantitative estimate of drug-likeness (QED) is 0.785. The highest BCUT2D eigenvalue weighted by molar-refractivity contribution is 5.80. The molecule has 118 valence electrons. The molecule has 0 heterocycles. The number of carbonyl (C=O) groups is 1. The number of ether oxygens (including phenoxy) is 1. The van der Waals surface area contributed by atoms with E-state index in [1.165, 1.54) is 23.9 Å². The minimum atomic E-state index is -0.613. The van der Waals surface area contributed by atoms with Gasteiger partial charge in [0, 0.05) is 19.3 Å². The largest absolute Gasteiger partial charge is 0.468 e. The molecule has 1 unspecified atom stereocenters. The van der Waals surface area contributed by atoms with E-state index in [9.17, 15) is 4.79 Å². The molecule has 0 radical (unpaired) electrons. The first-order valence-corrected chi connectivity index (χ1v) is 7.39. The summed E-state index contributed by atoms with van der Waals surface area (Å²) in [6, 6.07) is 6.54. The Balaban J connectivity index is 2.60. The van der Waals surface area contributed by atoms with Gasteiger partial charge in [-0.3, -0.25) is 4.79 Å². The van der Waals surface area contributed by atoms with E-state index in [1.54, 1.807) is 7.05 Å². The first kappa shape index (κ1) is 17.5. The lowest BCUT2D eigenvalue weighted by Gasteiger charge is -2.27. The lowest BCUT2D eigenvalue weighted by molar-refractivity contribution is -0.148. The summed E-state index contributed by atoms with van der Waals surface area (Å²) in [7, 11) is 5.31. The van der Waals surface area contributed by atoms with Gasteiger partial charge in [0.2, 0.25) is 0 Å². The minimum absolute atomic E-state index is 0.209. The van der Waals surface area contributed by atoms with Crippen LogP contribution in [0.25, 0.3) is 0 Å². The highest BCUT2D eigenvalue weighted by Crippen LogP contribution is 2.19. The Labute approximate surface area is 128 Å². The fraction of sp³-hybridized carbons (Fsp3) is 0.588. The van der Waals surface area contributed by atoms with E-state index in [4.69, 9.17) is 4.74 Å². The predicted molar refractivity (Wildman–Crippen MR) is 87.9 cm³/mol. The molecule has 0 saturated carbocycles. The number of nitrogens with zero attached hydrogens (tertiary/aromatic N) is 1. The summed E-state index contributed by atoms with van der Waals surface area (Å²) in [5, 5.41) is 3.07. The number of anilines is 1. The van der Waals surface area contributed by atoms with Crippen molar-refractivity contribution < 1.29 is 9.53 Å². The number of hydrogen-bond donors (Lipinski definition) is 1. The number of esters is 1. The van der Waals surface area contributed by atoms with E-state index < -0.39 is 5.54 Å². The highest BCUT2D eigenvalue weighted by Gasteiger charge is 2.31. The smallest absolute Gasteiger partial charge is 0.325 e. The third kappa shape index (κ3) is 4.74. The maximum atomic E-state index is 11.8. The van der Waals surface area contributed by atoms with Gasteiger partial charge in [0.25, 0.3) is 0 Å². The molecule has 1 aromatic rings. The number of benzene rings is 1. The van der Waals surface area contributed by atoms with E-state index in [1.807, 2.05) is 6.92 Å². The van der Waals surface area contributed by atoms with Gasteiger partial charge in [-0.15, -0.1) is 0 Å². The second kappa shape index (κ2) is 7.46. The monoisotopic (exact) mass is 292 g/mol. The molecular formula is C17H28N2O2. The molecule has 0 aromatic heterocycles.